The van der Waals surface area contributed by atoms with Crippen molar-refractivity contribution in [3.05, 3.63) is 65.7 Å². The average molecular weight is 382 g/mol. The van der Waals surface area contributed by atoms with Crippen molar-refractivity contribution in [2.45, 2.75) is 19.4 Å². The van der Waals surface area contributed by atoms with Crippen LogP contribution in [0.4, 0.5) is 0 Å². The molecule has 0 aromatic heterocycles. The molecule has 2 aromatic rings. The van der Waals surface area contributed by atoms with Gasteiger partial charge in [-0.25, -0.2) is 0 Å². The minimum absolute atomic E-state index is 0.0676. The van der Waals surface area contributed by atoms with E-state index in [-0.39, 0.29) is 5.91 Å². The molecule has 28 heavy (non-hydrogen) atoms. The third kappa shape index (κ3) is 5.33. The van der Waals surface area contributed by atoms with Crippen molar-refractivity contribution in [3.8, 4) is 5.75 Å². The summed E-state index contributed by atoms with van der Waals surface area (Å²) in [6.45, 7) is 7.28. The van der Waals surface area contributed by atoms with Crippen LogP contribution in [-0.4, -0.2) is 62.1 Å². The second kappa shape index (κ2) is 10.2. The number of hydrogen-bond acceptors (Lipinski definition) is 4. The number of nitrogens with zero attached hydrogens (tertiary/aromatic N) is 2. The zero-order chi connectivity index (χ0) is 19.8. The second-order valence-corrected chi connectivity index (χ2v) is 7.26. The fourth-order valence-corrected chi connectivity index (χ4v) is 3.73. The van der Waals surface area contributed by atoms with E-state index < -0.39 is 0 Å². The van der Waals surface area contributed by atoms with Crippen LogP contribution in [-0.2, 0) is 0 Å². The largest absolute Gasteiger partial charge is 0.493 e. The maximum atomic E-state index is 12.5. The number of benzene rings is 2. The molecule has 150 valence electrons. The van der Waals surface area contributed by atoms with Gasteiger partial charge in [-0.15, -0.1) is 0 Å². The van der Waals surface area contributed by atoms with Gasteiger partial charge in [0, 0.05) is 38.8 Å². The molecule has 3 rings (SSSR count). The fourth-order valence-electron chi connectivity index (χ4n) is 3.73. The highest BCUT2D eigenvalue weighted by molar-refractivity contribution is 5.96. The predicted molar refractivity (Wildman–Crippen MR) is 113 cm³/mol. The van der Waals surface area contributed by atoms with Crippen LogP contribution in [0.15, 0.2) is 54.6 Å². The molecule has 1 fully saturated rings. The average Bonchev–Trinajstić information content (AvgIpc) is 2.73. The molecule has 1 atom stereocenters. The quantitative estimate of drug-likeness (QED) is 0.714. The van der Waals surface area contributed by atoms with E-state index in [1.807, 2.05) is 31.2 Å². The zero-order valence-electron chi connectivity index (χ0n) is 16.9. The number of carbonyl (C=O) groups is 1. The zero-order valence-corrected chi connectivity index (χ0v) is 16.9. The van der Waals surface area contributed by atoms with Gasteiger partial charge in [-0.1, -0.05) is 42.5 Å². The molecule has 0 bridgehead atoms. The van der Waals surface area contributed by atoms with E-state index in [0.717, 1.165) is 32.6 Å². The molecule has 1 heterocycles. The second-order valence-electron chi connectivity index (χ2n) is 7.26. The van der Waals surface area contributed by atoms with Crippen molar-refractivity contribution in [2.24, 2.45) is 0 Å². The third-order valence-electron chi connectivity index (χ3n) is 5.22. The van der Waals surface area contributed by atoms with Gasteiger partial charge in [0.15, 0.2) is 0 Å². The molecule has 0 saturated carbocycles. The van der Waals surface area contributed by atoms with Gasteiger partial charge >= 0.3 is 0 Å². The van der Waals surface area contributed by atoms with E-state index >= 15 is 0 Å². The van der Waals surface area contributed by atoms with Crippen molar-refractivity contribution in [3.63, 3.8) is 0 Å². The molecule has 1 N–H and O–H groups in total. The summed E-state index contributed by atoms with van der Waals surface area (Å²) in [6.07, 6.45) is 0.926. The Morgan fingerprint density at radius 3 is 2.64 bits per heavy atom. The highest BCUT2D eigenvalue weighted by atomic mass is 16.5. The molecule has 5 nitrogen and oxygen atoms in total. The normalized spacial score (nSPS) is 18.0. The number of ether oxygens (including phenoxy) is 1. The Morgan fingerprint density at radius 1 is 1.11 bits per heavy atom. The summed E-state index contributed by atoms with van der Waals surface area (Å²) in [5.41, 5.74) is 1.97. The van der Waals surface area contributed by atoms with Gasteiger partial charge in [0.2, 0.25) is 0 Å². The van der Waals surface area contributed by atoms with Crippen molar-refractivity contribution >= 4 is 5.91 Å². The SMILES string of the molecule is CCOc1ccccc1C(=O)NCCCN1CCN(C)C[C@H]1c1ccccc1. The molecular weight excluding hydrogens is 350 g/mol. The third-order valence-corrected chi connectivity index (χ3v) is 5.22. The van der Waals surface area contributed by atoms with Crippen LogP contribution in [0, 0.1) is 0 Å². The van der Waals surface area contributed by atoms with Crippen LogP contribution in [0.3, 0.4) is 0 Å². The first kappa shape index (κ1) is 20.4. The smallest absolute Gasteiger partial charge is 0.255 e. The Morgan fingerprint density at radius 2 is 1.86 bits per heavy atom. The van der Waals surface area contributed by atoms with E-state index in [9.17, 15) is 4.79 Å². The summed E-state index contributed by atoms with van der Waals surface area (Å²) in [5, 5.41) is 3.04. The number of piperazine rings is 1. The molecule has 1 saturated heterocycles. The number of hydrogen-bond donors (Lipinski definition) is 1. The number of likely N-dealkylation sites (N-methyl/N-ethyl adjacent to an activating group) is 1. The molecule has 1 amide bonds. The lowest BCUT2D eigenvalue weighted by Gasteiger charge is -2.40. The first-order valence-corrected chi connectivity index (χ1v) is 10.2. The van der Waals surface area contributed by atoms with Crippen LogP contribution >= 0.6 is 0 Å². The van der Waals surface area contributed by atoms with E-state index in [1.165, 1.54) is 5.56 Å². The molecule has 1 aliphatic heterocycles. The van der Waals surface area contributed by atoms with Crippen LogP contribution in [0.25, 0.3) is 0 Å². The summed E-state index contributed by atoms with van der Waals surface area (Å²) in [4.78, 5) is 17.4. The Bertz CT molecular complexity index is 751. The lowest BCUT2D eigenvalue weighted by atomic mass is 10.0. The molecule has 0 spiro atoms. The summed E-state index contributed by atoms with van der Waals surface area (Å²) >= 11 is 0. The van der Waals surface area contributed by atoms with Crippen LogP contribution in [0.2, 0.25) is 0 Å². The van der Waals surface area contributed by atoms with Crippen LogP contribution in [0.5, 0.6) is 5.75 Å². The molecule has 0 radical (unpaired) electrons. The molecule has 1 aliphatic rings. The Kier molecular flexibility index (Phi) is 7.46. The van der Waals surface area contributed by atoms with Gasteiger partial charge in [0.25, 0.3) is 5.91 Å². The number of para-hydroxylation sites is 1. The van der Waals surface area contributed by atoms with E-state index in [2.05, 4.69) is 52.5 Å². The van der Waals surface area contributed by atoms with Crippen molar-refractivity contribution in [2.75, 3.05) is 46.4 Å². The summed E-state index contributed by atoms with van der Waals surface area (Å²) < 4.78 is 5.56. The fraction of sp³-hybridized carbons (Fsp3) is 0.435. The van der Waals surface area contributed by atoms with E-state index in [4.69, 9.17) is 4.74 Å². The summed E-state index contributed by atoms with van der Waals surface area (Å²) in [7, 11) is 2.18. The summed E-state index contributed by atoms with van der Waals surface area (Å²) in [6, 6.07) is 18.5. The number of rotatable bonds is 8. The highest BCUT2D eigenvalue weighted by Gasteiger charge is 2.26. The van der Waals surface area contributed by atoms with Gasteiger partial charge < -0.3 is 15.0 Å². The minimum atomic E-state index is -0.0676. The maximum Gasteiger partial charge on any atom is 0.255 e. The predicted octanol–water partition coefficient (Wildman–Crippen LogP) is 3.19. The van der Waals surface area contributed by atoms with E-state index in [0.29, 0.717) is 30.5 Å². The van der Waals surface area contributed by atoms with Gasteiger partial charge in [0.05, 0.1) is 12.2 Å². The van der Waals surface area contributed by atoms with Crippen molar-refractivity contribution in [1.82, 2.24) is 15.1 Å². The molecule has 5 heteroatoms. The van der Waals surface area contributed by atoms with Crippen LogP contribution in [0.1, 0.15) is 35.3 Å². The topological polar surface area (TPSA) is 44.8 Å². The number of nitrogens with one attached hydrogen (secondary N) is 1. The van der Waals surface area contributed by atoms with Crippen molar-refractivity contribution < 1.29 is 9.53 Å². The molecule has 0 aliphatic carbocycles. The molecule has 2 aromatic carbocycles. The minimum Gasteiger partial charge on any atom is -0.493 e. The number of carbonyl (C=O) groups excluding carboxylic acids is 1. The van der Waals surface area contributed by atoms with Gasteiger partial charge in [-0.3, -0.25) is 9.69 Å². The molecule has 0 unspecified atom stereocenters. The summed E-state index contributed by atoms with van der Waals surface area (Å²) in [5.74, 6) is 0.577. The van der Waals surface area contributed by atoms with Crippen molar-refractivity contribution in [1.29, 1.82) is 0 Å². The van der Waals surface area contributed by atoms with Crippen LogP contribution < -0.4 is 10.1 Å². The Labute approximate surface area is 168 Å². The Balaban J connectivity index is 1.52. The van der Waals surface area contributed by atoms with Gasteiger partial charge in [-0.05, 0) is 38.1 Å². The Hall–Kier alpha value is -2.37. The first-order chi connectivity index (χ1) is 13.7. The lowest BCUT2D eigenvalue weighted by molar-refractivity contribution is 0.0865. The standard InChI is InChI=1S/C23H31N3O2/c1-3-28-22-13-8-7-12-20(22)23(27)24-14-9-15-26-17-16-25(2)18-21(26)19-10-5-4-6-11-19/h4-8,10-13,21H,3,9,14-18H2,1-2H3,(H,24,27)/t21-/m0/s1. The van der Waals surface area contributed by atoms with Gasteiger partial charge in [-0.2, -0.15) is 0 Å². The lowest BCUT2D eigenvalue weighted by Crippen LogP contribution is -2.47. The molecular formula is C23H31N3O2. The maximum absolute atomic E-state index is 12.5. The van der Waals surface area contributed by atoms with E-state index in [1.54, 1.807) is 0 Å². The monoisotopic (exact) mass is 381 g/mol. The number of amides is 1. The highest BCUT2D eigenvalue weighted by Crippen LogP contribution is 2.24. The first-order valence-electron chi connectivity index (χ1n) is 10.2. The van der Waals surface area contributed by atoms with Gasteiger partial charge in [0.1, 0.15) is 5.75 Å².